The number of nitrogens with zero attached hydrogens (tertiary/aromatic N) is 1. The van der Waals surface area contributed by atoms with E-state index in [1.54, 1.807) is 18.9 Å². The van der Waals surface area contributed by atoms with E-state index in [1.807, 2.05) is 0 Å². The van der Waals surface area contributed by atoms with Crippen LogP contribution in [-0.2, 0) is 4.79 Å². The van der Waals surface area contributed by atoms with E-state index >= 15 is 0 Å². The summed E-state index contributed by atoms with van der Waals surface area (Å²) in [5, 5.41) is 8.84. The van der Waals surface area contributed by atoms with Gasteiger partial charge in [-0.3, -0.25) is 9.69 Å². The Morgan fingerprint density at radius 1 is 1.78 bits per heavy atom. The predicted molar refractivity (Wildman–Crippen MR) is 35.0 cm³/mol. The highest BCUT2D eigenvalue weighted by Crippen LogP contribution is 1.88. The van der Waals surface area contributed by atoms with Crippen LogP contribution in [0.15, 0.2) is 0 Å². The highest BCUT2D eigenvalue weighted by atomic mass is 16.3. The highest BCUT2D eigenvalue weighted by molar-refractivity contribution is 5.77. The SMILES string of the molecule is CC(=O)CN(C)C(C)O. The second kappa shape index (κ2) is 3.58. The van der Waals surface area contributed by atoms with Crippen LogP contribution in [-0.4, -0.2) is 35.6 Å². The van der Waals surface area contributed by atoms with Gasteiger partial charge in [0.2, 0.25) is 0 Å². The average Bonchev–Trinajstić information content (AvgIpc) is 1.63. The molecule has 1 unspecified atom stereocenters. The number of hydrogen-bond donors (Lipinski definition) is 1. The molecule has 0 rings (SSSR count). The van der Waals surface area contributed by atoms with Gasteiger partial charge in [0.05, 0.1) is 6.54 Å². The van der Waals surface area contributed by atoms with Crippen molar-refractivity contribution in [1.29, 1.82) is 0 Å². The monoisotopic (exact) mass is 131 g/mol. The Bertz CT molecular complexity index is 101. The minimum Gasteiger partial charge on any atom is -0.379 e. The van der Waals surface area contributed by atoms with Crippen LogP contribution in [0.5, 0.6) is 0 Å². The summed E-state index contributed by atoms with van der Waals surface area (Å²) >= 11 is 0. The van der Waals surface area contributed by atoms with Crippen molar-refractivity contribution in [2.45, 2.75) is 20.1 Å². The van der Waals surface area contributed by atoms with Crippen LogP contribution in [0.2, 0.25) is 0 Å². The first kappa shape index (κ1) is 8.59. The van der Waals surface area contributed by atoms with E-state index in [-0.39, 0.29) is 5.78 Å². The largest absolute Gasteiger partial charge is 0.379 e. The number of carbonyl (C=O) groups is 1. The van der Waals surface area contributed by atoms with E-state index < -0.39 is 6.23 Å². The van der Waals surface area contributed by atoms with Crippen LogP contribution in [0, 0.1) is 0 Å². The summed E-state index contributed by atoms with van der Waals surface area (Å²) in [6.07, 6.45) is -0.533. The molecule has 0 aromatic rings. The van der Waals surface area contributed by atoms with Gasteiger partial charge in [0, 0.05) is 0 Å². The van der Waals surface area contributed by atoms with Gasteiger partial charge in [0.1, 0.15) is 12.0 Å². The Hall–Kier alpha value is -0.410. The second-order valence-electron chi connectivity index (χ2n) is 2.25. The molecule has 9 heavy (non-hydrogen) atoms. The van der Waals surface area contributed by atoms with Crippen molar-refractivity contribution in [3.05, 3.63) is 0 Å². The van der Waals surface area contributed by atoms with Crippen molar-refractivity contribution in [2.24, 2.45) is 0 Å². The molecule has 0 heterocycles. The molecule has 0 aliphatic carbocycles. The van der Waals surface area contributed by atoms with Crippen LogP contribution >= 0.6 is 0 Å². The van der Waals surface area contributed by atoms with Crippen molar-refractivity contribution in [3.8, 4) is 0 Å². The van der Waals surface area contributed by atoms with Gasteiger partial charge in [-0.05, 0) is 20.9 Å². The maximum atomic E-state index is 10.4. The van der Waals surface area contributed by atoms with Crippen molar-refractivity contribution in [2.75, 3.05) is 13.6 Å². The maximum Gasteiger partial charge on any atom is 0.143 e. The summed E-state index contributed by atoms with van der Waals surface area (Å²) in [7, 11) is 1.70. The summed E-state index contributed by atoms with van der Waals surface area (Å²) in [5.74, 6) is 0.0680. The maximum absolute atomic E-state index is 10.4. The van der Waals surface area contributed by atoms with Gasteiger partial charge >= 0.3 is 0 Å². The fourth-order valence-corrected chi connectivity index (χ4v) is 0.483. The van der Waals surface area contributed by atoms with Crippen LogP contribution in [0.4, 0.5) is 0 Å². The number of rotatable bonds is 3. The predicted octanol–water partition coefficient (Wildman–Crippen LogP) is -0.155. The zero-order valence-corrected chi connectivity index (χ0v) is 6.09. The lowest BCUT2D eigenvalue weighted by atomic mass is 10.4. The van der Waals surface area contributed by atoms with E-state index in [0.29, 0.717) is 6.54 Å². The molecule has 0 bridgehead atoms. The molecule has 0 saturated carbocycles. The minimum atomic E-state index is -0.533. The van der Waals surface area contributed by atoms with E-state index in [9.17, 15) is 4.79 Å². The lowest BCUT2D eigenvalue weighted by molar-refractivity contribution is -0.120. The normalized spacial score (nSPS) is 13.9. The molecule has 0 saturated heterocycles. The average molecular weight is 131 g/mol. The Balaban J connectivity index is 3.50. The number of Topliss-reactive ketones (excluding diaryl/α,β-unsaturated/α-hetero) is 1. The lowest BCUT2D eigenvalue weighted by Gasteiger charge is -2.17. The van der Waals surface area contributed by atoms with Gasteiger partial charge in [0.25, 0.3) is 0 Å². The second-order valence-corrected chi connectivity index (χ2v) is 2.25. The number of ketones is 1. The van der Waals surface area contributed by atoms with Gasteiger partial charge in [-0.2, -0.15) is 0 Å². The molecule has 1 N–H and O–H groups in total. The van der Waals surface area contributed by atoms with Crippen molar-refractivity contribution < 1.29 is 9.90 Å². The smallest absolute Gasteiger partial charge is 0.143 e. The van der Waals surface area contributed by atoms with Crippen LogP contribution < -0.4 is 0 Å². The summed E-state index contributed by atoms with van der Waals surface area (Å²) in [5.41, 5.74) is 0. The molecule has 0 aliphatic heterocycles. The molecule has 3 heteroatoms. The summed E-state index contributed by atoms with van der Waals surface area (Å²) in [6, 6.07) is 0. The molecule has 0 aliphatic rings. The molecule has 54 valence electrons. The standard InChI is InChI=1S/C6H13NO2/c1-5(8)4-7(3)6(2)9/h6,9H,4H2,1-3H3. The van der Waals surface area contributed by atoms with Gasteiger partial charge in [0.15, 0.2) is 0 Å². The Labute approximate surface area is 55.3 Å². The number of carbonyl (C=O) groups excluding carboxylic acids is 1. The molecule has 0 spiro atoms. The Kier molecular flexibility index (Phi) is 3.42. The number of aliphatic hydroxyl groups is 1. The van der Waals surface area contributed by atoms with Gasteiger partial charge in [-0.15, -0.1) is 0 Å². The van der Waals surface area contributed by atoms with Gasteiger partial charge in [-0.1, -0.05) is 0 Å². The van der Waals surface area contributed by atoms with Gasteiger partial charge in [-0.25, -0.2) is 0 Å². The molecule has 0 radical (unpaired) electrons. The number of hydrogen-bond acceptors (Lipinski definition) is 3. The molecule has 1 atom stereocenters. The van der Waals surface area contributed by atoms with Crippen molar-refractivity contribution in [1.82, 2.24) is 4.90 Å². The highest BCUT2D eigenvalue weighted by Gasteiger charge is 2.05. The molecule has 3 nitrogen and oxygen atoms in total. The molecule has 0 aromatic carbocycles. The van der Waals surface area contributed by atoms with Crippen LogP contribution in [0.1, 0.15) is 13.8 Å². The lowest BCUT2D eigenvalue weighted by Crippen LogP contribution is -2.32. The van der Waals surface area contributed by atoms with E-state index in [0.717, 1.165) is 0 Å². The zero-order valence-electron chi connectivity index (χ0n) is 6.09. The summed E-state index contributed by atoms with van der Waals surface area (Å²) in [4.78, 5) is 12.0. The first-order valence-electron chi connectivity index (χ1n) is 2.91. The fourth-order valence-electron chi connectivity index (χ4n) is 0.483. The van der Waals surface area contributed by atoms with Crippen LogP contribution in [0.25, 0.3) is 0 Å². The fraction of sp³-hybridized carbons (Fsp3) is 0.833. The molecular weight excluding hydrogens is 118 g/mol. The topological polar surface area (TPSA) is 40.5 Å². The van der Waals surface area contributed by atoms with E-state index in [4.69, 9.17) is 5.11 Å². The third-order valence-corrected chi connectivity index (χ3v) is 1.11. The number of likely N-dealkylation sites (N-methyl/N-ethyl adjacent to an activating group) is 1. The van der Waals surface area contributed by atoms with Gasteiger partial charge < -0.3 is 5.11 Å². The molecular formula is C6H13NO2. The Morgan fingerprint density at radius 2 is 2.22 bits per heavy atom. The van der Waals surface area contributed by atoms with E-state index in [1.165, 1.54) is 6.92 Å². The van der Waals surface area contributed by atoms with E-state index in [2.05, 4.69) is 0 Å². The van der Waals surface area contributed by atoms with Crippen LogP contribution in [0.3, 0.4) is 0 Å². The first-order valence-corrected chi connectivity index (χ1v) is 2.91. The quantitative estimate of drug-likeness (QED) is 0.541. The molecule has 0 amide bonds. The van der Waals surface area contributed by atoms with Crippen molar-refractivity contribution >= 4 is 5.78 Å². The number of aliphatic hydroxyl groups excluding tert-OH is 1. The third-order valence-electron chi connectivity index (χ3n) is 1.11. The zero-order chi connectivity index (χ0) is 7.44. The minimum absolute atomic E-state index is 0.0680. The first-order chi connectivity index (χ1) is 4.04. The summed E-state index contributed by atoms with van der Waals surface area (Å²) < 4.78 is 0. The Morgan fingerprint density at radius 3 is 2.33 bits per heavy atom. The molecule has 0 fully saturated rings. The summed E-state index contributed by atoms with van der Waals surface area (Å²) in [6.45, 7) is 3.44. The van der Waals surface area contributed by atoms with Crippen molar-refractivity contribution in [3.63, 3.8) is 0 Å². The third kappa shape index (κ3) is 4.12. The molecule has 0 aromatic heterocycles.